The lowest BCUT2D eigenvalue weighted by Crippen LogP contribution is -2.31. The van der Waals surface area contributed by atoms with Crippen molar-refractivity contribution in [2.75, 3.05) is 25.1 Å². The van der Waals surface area contributed by atoms with Gasteiger partial charge in [0.05, 0.1) is 12.2 Å². The van der Waals surface area contributed by atoms with E-state index in [1.807, 2.05) is 13.8 Å². The van der Waals surface area contributed by atoms with Gasteiger partial charge in [-0.1, -0.05) is 25.4 Å². The summed E-state index contributed by atoms with van der Waals surface area (Å²) in [4.78, 5) is 22.5. The number of amides is 2. The number of carboxylic acids is 1. The average molecular weight is 315 g/mol. The Bertz CT molecular complexity index is 506. The molecule has 0 aliphatic heterocycles. The number of hydrogen-bond donors (Lipinski definition) is 3. The van der Waals surface area contributed by atoms with E-state index in [-0.39, 0.29) is 10.6 Å². The molecule has 0 aliphatic carbocycles. The average Bonchev–Trinajstić information content (AvgIpc) is 2.37. The second-order valence-electron chi connectivity index (χ2n) is 4.88. The topological polar surface area (TPSA) is 87.7 Å². The smallest absolute Gasteiger partial charge is 0.335 e. The summed E-state index contributed by atoms with van der Waals surface area (Å²) < 4.78 is 5.32. The van der Waals surface area contributed by atoms with Gasteiger partial charge in [0, 0.05) is 23.9 Å². The summed E-state index contributed by atoms with van der Waals surface area (Å²) in [6, 6.07) is 3.68. The molecular formula is C14H19ClN2O4. The lowest BCUT2D eigenvalue weighted by Gasteiger charge is -2.10. The second-order valence-corrected chi connectivity index (χ2v) is 5.32. The number of anilines is 1. The number of rotatable bonds is 7. The van der Waals surface area contributed by atoms with Crippen LogP contribution in [0.5, 0.6) is 0 Å². The van der Waals surface area contributed by atoms with Crippen molar-refractivity contribution in [2.45, 2.75) is 13.8 Å². The van der Waals surface area contributed by atoms with Crippen LogP contribution in [0.2, 0.25) is 5.02 Å². The van der Waals surface area contributed by atoms with E-state index in [0.717, 1.165) is 0 Å². The predicted octanol–water partition coefficient (Wildman–Crippen LogP) is 2.83. The number of ether oxygens (including phenoxy) is 1. The molecule has 0 fully saturated rings. The standard InChI is InChI=1S/C14H19ClN2O4/c1-9(2)8-21-4-3-16-14(20)17-12-6-10(13(18)19)5-11(15)7-12/h5-7,9H,3-4,8H2,1-2H3,(H,18,19)(H2,16,17,20). The molecule has 0 radical (unpaired) electrons. The Balaban J connectivity index is 2.42. The van der Waals surface area contributed by atoms with Crippen molar-refractivity contribution >= 4 is 29.3 Å². The van der Waals surface area contributed by atoms with Crippen molar-refractivity contribution in [1.29, 1.82) is 0 Å². The summed E-state index contributed by atoms with van der Waals surface area (Å²) >= 11 is 5.80. The Labute approximate surface area is 128 Å². The SMILES string of the molecule is CC(C)COCCNC(=O)Nc1cc(Cl)cc(C(=O)O)c1. The number of halogens is 1. The maximum atomic E-state index is 11.6. The molecule has 1 aromatic carbocycles. The van der Waals surface area contributed by atoms with Crippen LogP contribution < -0.4 is 10.6 Å². The van der Waals surface area contributed by atoms with E-state index in [9.17, 15) is 9.59 Å². The predicted molar refractivity (Wildman–Crippen MR) is 81.1 cm³/mol. The van der Waals surface area contributed by atoms with Crippen molar-refractivity contribution in [3.63, 3.8) is 0 Å². The van der Waals surface area contributed by atoms with Crippen LogP contribution in [-0.4, -0.2) is 36.9 Å². The van der Waals surface area contributed by atoms with Crippen molar-refractivity contribution in [3.8, 4) is 0 Å². The molecule has 1 aromatic rings. The van der Waals surface area contributed by atoms with Gasteiger partial charge < -0.3 is 20.5 Å². The number of nitrogens with one attached hydrogen (secondary N) is 2. The molecule has 3 N–H and O–H groups in total. The van der Waals surface area contributed by atoms with Gasteiger partial charge in [0.2, 0.25) is 0 Å². The highest BCUT2D eigenvalue weighted by Gasteiger charge is 2.08. The Morgan fingerprint density at radius 1 is 1.33 bits per heavy atom. The van der Waals surface area contributed by atoms with Gasteiger partial charge in [0.15, 0.2) is 0 Å². The number of carbonyl (C=O) groups is 2. The minimum Gasteiger partial charge on any atom is -0.478 e. The molecule has 0 heterocycles. The molecule has 21 heavy (non-hydrogen) atoms. The molecule has 0 bridgehead atoms. The second kappa shape index (κ2) is 8.49. The quantitative estimate of drug-likeness (QED) is 0.675. The molecule has 0 aromatic heterocycles. The molecule has 0 saturated carbocycles. The van der Waals surface area contributed by atoms with E-state index in [1.165, 1.54) is 18.2 Å². The summed E-state index contributed by atoms with van der Waals surface area (Å²) in [6.07, 6.45) is 0. The zero-order chi connectivity index (χ0) is 15.8. The minimum atomic E-state index is -1.11. The van der Waals surface area contributed by atoms with E-state index in [2.05, 4.69) is 10.6 Å². The summed E-state index contributed by atoms with van der Waals surface area (Å²) in [6.45, 7) is 5.50. The monoisotopic (exact) mass is 314 g/mol. The molecule has 7 heteroatoms. The largest absolute Gasteiger partial charge is 0.478 e. The molecule has 0 spiro atoms. The van der Waals surface area contributed by atoms with E-state index in [1.54, 1.807) is 0 Å². The third-order valence-corrected chi connectivity index (χ3v) is 2.60. The van der Waals surface area contributed by atoms with Gasteiger partial charge in [-0.3, -0.25) is 0 Å². The highest BCUT2D eigenvalue weighted by Crippen LogP contribution is 2.19. The molecule has 116 valence electrons. The Hall–Kier alpha value is -1.79. The zero-order valence-electron chi connectivity index (χ0n) is 12.0. The number of hydrogen-bond acceptors (Lipinski definition) is 3. The van der Waals surface area contributed by atoms with Gasteiger partial charge >= 0.3 is 12.0 Å². The highest BCUT2D eigenvalue weighted by atomic mass is 35.5. The van der Waals surface area contributed by atoms with Crippen LogP contribution in [0.25, 0.3) is 0 Å². The summed E-state index contributed by atoms with van der Waals surface area (Å²) in [5.74, 6) is -0.664. The molecule has 1 rings (SSSR count). The molecule has 0 aliphatic rings. The maximum Gasteiger partial charge on any atom is 0.335 e. The molecule has 6 nitrogen and oxygen atoms in total. The van der Waals surface area contributed by atoms with Crippen molar-refractivity contribution in [2.24, 2.45) is 5.92 Å². The van der Waals surface area contributed by atoms with Gasteiger partial charge in [-0.05, 0) is 24.1 Å². The number of urea groups is 1. The van der Waals surface area contributed by atoms with Gasteiger partial charge in [-0.2, -0.15) is 0 Å². The molecule has 2 amide bonds. The first kappa shape index (κ1) is 17.3. The van der Waals surface area contributed by atoms with Gasteiger partial charge in [0.25, 0.3) is 0 Å². The van der Waals surface area contributed by atoms with Crippen LogP contribution in [0.4, 0.5) is 10.5 Å². The van der Waals surface area contributed by atoms with E-state index in [0.29, 0.717) is 31.4 Å². The normalized spacial score (nSPS) is 10.5. The van der Waals surface area contributed by atoms with E-state index < -0.39 is 12.0 Å². The first-order chi connectivity index (χ1) is 9.88. The van der Waals surface area contributed by atoms with Crippen LogP contribution in [0.1, 0.15) is 24.2 Å². The van der Waals surface area contributed by atoms with Gasteiger partial charge in [0.1, 0.15) is 0 Å². The number of aromatic carboxylic acids is 1. The molecule has 0 saturated heterocycles. The summed E-state index contributed by atoms with van der Waals surface area (Å²) in [7, 11) is 0. The fraction of sp³-hybridized carbons (Fsp3) is 0.429. The van der Waals surface area contributed by atoms with Crippen molar-refractivity contribution in [3.05, 3.63) is 28.8 Å². The van der Waals surface area contributed by atoms with Crippen LogP contribution in [0, 0.1) is 5.92 Å². The third-order valence-electron chi connectivity index (χ3n) is 2.39. The maximum absolute atomic E-state index is 11.6. The van der Waals surface area contributed by atoms with E-state index >= 15 is 0 Å². The Morgan fingerprint density at radius 3 is 2.67 bits per heavy atom. The minimum absolute atomic E-state index is 0.0121. The van der Waals surface area contributed by atoms with Gasteiger partial charge in [-0.15, -0.1) is 0 Å². The fourth-order valence-electron chi connectivity index (χ4n) is 1.52. The number of carboxylic acid groups (broad SMARTS) is 1. The van der Waals surface area contributed by atoms with Gasteiger partial charge in [-0.25, -0.2) is 9.59 Å². The Morgan fingerprint density at radius 2 is 2.05 bits per heavy atom. The number of carbonyl (C=O) groups excluding carboxylic acids is 1. The summed E-state index contributed by atoms with van der Waals surface area (Å²) in [5, 5.41) is 14.3. The summed E-state index contributed by atoms with van der Waals surface area (Å²) in [5.41, 5.74) is 0.332. The van der Waals surface area contributed by atoms with Crippen LogP contribution in [-0.2, 0) is 4.74 Å². The fourth-order valence-corrected chi connectivity index (χ4v) is 1.75. The van der Waals surface area contributed by atoms with Crippen molar-refractivity contribution < 1.29 is 19.4 Å². The first-order valence-electron chi connectivity index (χ1n) is 6.55. The molecular weight excluding hydrogens is 296 g/mol. The lowest BCUT2D eigenvalue weighted by atomic mass is 10.2. The van der Waals surface area contributed by atoms with Crippen LogP contribution in [0.15, 0.2) is 18.2 Å². The molecule has 0 unspecified atom stereocenters. The number of benzene rings is 1. The molecule has 0 atom stereocenters. The first-order valence-corrected chi connectivity index (χ1v) is 6.92. The van der Waals surface area contributed by atoms with Crippen molar-refractivity contribution in [1.82, 2.24) is 5.32 Å². The van der Waals surface area contributed by atoms with E-state index in [4.69, 9.17) is 21.4 Å². The Kier molecular flexibility index (Phi) is 6.98. The van der Waals surface area contributed by atoms with Crippen LogP contribution >= 0.6 is 11.6 Å². The lowest BCUT2D eigenvalue weighted by molar-refractivity contribution is 0.0697. The van der Waals surface area contributed by atoms with Crippen LogP contribution in [0.3, 0.4) is 0 Å². The zero-order valence-corrected chi connectivity index (χ0v) is 12.7. The third kappa shape index (κ3) is 6.97. The highest BCUT2D eigenvalue weighted by molar-refractivity contribution is 6.31.